The summed E-state index contributed by atoms with van der Waals surface area (Å²) in [6.07, 6.45) is 10.1. The van der Waals surface area contributed by atoms with Gasteiger partial charge in [0, 0.05) is 18.4 Å². The summed E-state index contributed by atoms with van der Waals surface area (Å²) in [6, 6.07) is 5.98. The molecule has 0 radical (unpaired) electrons. The molecule has 2 unspecified atom stereocenters. The van der Waals surface area contributed by atoms with Gasteiger partial charge in [-0.3, -0.25) is 0 Å². The molecule has 112 valence electrons. The number of hydrogen-bond donors (Lipinski definition) is 1. The summed E-state index contributed by atoms with van der Waals surface area (Å²) in [6.45, 7) is 0.779. The van der Waals surface area contributed by atoms with E-state index in [-0.39, 0.29) is 11.5 Å². The number of nitrogens with zero attached hydrogens (tertiary/aromatic N) is 2. The van der Waals surface area contributed by atoms with Gasteiger partial charge < -0.3 is 9.84 Å². The summed E-state index contributed by atoms with van der Waals surface area (Å²) >= 11 is 0. The molecule has 1 N–H and O–H groups in total. The zero-order valence-electron chi connectivity index (χ0n) is 12.2. The largest absolute Gasteiger partial charge is 0.388 e. The molecule has 1 spiro atoms. The molecule has 4 rings (SSSR count). The van der Waals surface area contributed by atoms with Crippen LogP contribution in [0.3, 0.4) is 0 Å². The predicted molar refractivity (Wildman–Crippen MR) is 80.0 cm³/mol. The first-order valence-corrected chi connectivity index (χ1v) is 8.02. The van der Waals surface area contributed by atoms with E-state index in [4.69, 9.17) is 4.74 Å². The highest BCUT2D eigenvalue weighted by Gasteiger charge is 2.42. The smallest absolute Gasteiger partial charge is 0.0856 e. The van der Waals surface area contributed by atoms with Crippen LogP contribution in [-0.2, 0) is 4.74 Å². The van der Waals surface area contributed by atoms with Crippen molar-refractivity contribution >= 4 is 5.52 Å². The second-order valence-corrected chi connectivity index (χ2v) is 6.57. The zero-order valence-corrected chi connectivity index (χ0v) is 12.2. The van der Waals surface area contributed by atoms with Gasteiger partial charge in [-0.15, -0.1) is 0 Å². The maximum atomic E-state index is 10.9. The van der Waals surface area contributed by atoms with Gasteiger partial charge in [-0.1, -0.05) is 18.9 Å². The van der Waals surface area contributed by atoms with Crippen molar-refractivity contribution in [2.75, 3.05) is 6.61 Å². The second kappa shape index (κ2) is 5.11. The molecular formula is C17H22N2O2. The highest BCUT2D eigenvalue weighted by atomic mass is 16.5. The fourth-order valence-corrected chi connectivity index (χ4v) is 4.14. The Morgan fingerprint density at radius 1 is 1.33 bits per heavy atom. The Labute approximate surface area is 124 Å². The van der Waals surface area contributed by atoms with Gasteiger partial charge in [0.15, 0.2) is 0 Å². The number of pyridine rings is 1. The van der Waals surface area contributed by atoms with Crippen LogP contribution in [0.5, 0.6) is 0 Å². The summed E-state index contributed by atoms with van der Waals surface area (Å²) in [4.78, 5) is 0. The van der Waals surface area contributed by atoms with E-state index in [2.05, 4.69) is 5.10 Å². The minimum Gasteiger partial charge on any atom is -0.388 e. The molecular weight excluding hydrogens is 264 g/mol. The van der Waals surface area contributed by atoms with Crippen LogP contribution in [0.25, 0.3) is 5.52 Å². The third-order valence-corrected chi connectivity index (χ3v) is 5.27. The Bertz CT molecular complexity index is 631. The Kier molecular flexibility index (Phi) is 3.23. The first-order valence-electron chi connectivity index (χ1n) is 8.02. The van der Waals surface area contributed by atoms with Gasteiger partial charge in [0.25, 0.3) is 0 Å². The SMILES string of the molecule is OC(c1cnn2ccccc12)C1CCOC2(CCCC2)C1. The van der Waals surface area contributed by atoms with Crippen LogP contribution in [0.1, 0.15) is 50.2 Å². The van der Waals surface area contributed by atoms with Crippen LogP contribution in [0.4, 0.5) is 0 Å². The maximum absolute atomic E-state index is 10.9. The molecule has 1 saturated carbocycles. The van der Waals surface area contributed by atoms with Crippen LogP contribution in [0, 0.1) is 5.92 Å². The highest BCUT2D eigenvalue weighted by Crippen LogP contribution is 2.45. The first-order chi connectivity index (χ1) is 10.3. The molecule has 1 aliphatic heterocycles. The fourth-order valence-electron chi connectivity index (χ4n) is 4.14. The van der Waals surface area contributed by atoms with Crippen molar-refractivity contribution < 1.29 is 9.84 Å². The Balaban J connectivity index is 1.60. The lowest BCUT2D eigenvalue weighted by Crippen LogP contribution is -2.39. The third-order valence-electron chi connectivity index (χ3n) is 5.27. The van der Waals surface area contributed by atoms with Gasteiger partial charge in [0.1, 0.15) is 0 Å². The minimum atomic E-state index is -0.439. The molecule has 2 aliphatic rings. The lowest BCUT2D eigenvalue weighted by molar-refractivity contribution is -0.113. The molecule has 2 aromatic rings. The van der Waals surface area contributed by atoms with Crippen molar-refractivity contribution in [2.24, 2.45) is 5.92 Å². The molecule has 2 atom stereocenters. The molecule has 0 amide bonds. The summed E-state index contributed by atoms with van der Waals surface area (Å²) < 4.78 is 7.92. The fraction of sp³-hybridized carbons (Fsp3) is 0.588. The molecule has 1 saturated heterocycles. The topological polar surface area (TPSA) is 46.8 Å². The second-order valence-electron chi connectivity index (χ2n) is 6.57. The van der Waals surface area contributed by atoms with Crippen molar-refractivity contribution in [3.63, 3.8) is 0 Å². The number of rotatable bonds is 2. The van der Waals surface area contributed by atoms with Gasteiger partial charge in [-0.2, -0.15) is 5.10 Å². The average molecular weight is 286 g/mol. The number of aliphatic hydroxyl groups excluding tert-OH is 1. The van der Waals surface area contributed by atoms with E-state index in [1.54, 1.807) is 0 Å². The first kappa shape index (κ1) is 13.3. The lowest BCUT2D eigenvalue weighted by atomic mass is 9.80. The van der Waals surface area contributed by atoms with E-state index in [0.29, 0.717) is 0 Å². The molecule has 2 fully saturated rings. The van der Waals surface area contributed by atoms with Crippen molar-refractivity contribution in [2.45, 2.75) is 50.2 Å². The predicted octanol–water partition coefficient (Wildman–Crippen LogP) is 3.11. The van der Waals surface area contributed by atoms with Crippen LogP contribution < -0.4 is 0 Å². The van der Waals surface area contributed by atoms with Crippen LogP contribution in [0.15, 0.2) is 30.6 Å². The molecule has 3 heterocycles. The molecule has 2 aromatic heterocycles. The highest BCUT2D eigenvalue weighted by molar-refractivity contribution is 5.54. The van der Waals surface area contributed by atoms with Crippen molar-refractivity contribution in [1.82, 2.24) is 9.61 Å². The number of aromatic nitrogens is 2. The van der Waals surface area contributed by atoms with Gasteiger partial charge >= 0.3 is 0 Å². The molecule has 0 aromatic carbocycles. The van der Waals surface area contributed by atoms with Gasteiger partial charge in [-0.05, 0) is 43.7 Å². The van der Waals surface area contributed by atoms with Crippen LogP contribution in [0.2, 0.25) is 0 Å². The van der Waals surface area contributed by atoms with Crippen molar-refractivity contribution in [1.29, 1.82) is 0 Å². The third kappa shape index (κ3) is 2.27. The monoisotopic (exact) mass is 286 g/mol. The Hall–Kier alpha value is -1.39. The summed E-state index contributed by atoms with van der Waals surface area (Å²) in [5, 5.41) is 15.2. The van der Waals surface area contributed by atoms with Gasteiger partial charge in [0.05, 0.1) is 23.4 Å². The zero-order chi connectivity index (χ0) is 14.3. The molecule has 21 heavy (non-hydrogen) atoms. The van der Waals surface area contributed by atoms with Gasteiger partial charge in [0.2, 0.25) is 0 Å². The Morgan fingerprint density at radius 3 is 3.05 bits per heavy atom. The van der Waals surface area contributed by atoms with Gasteiger partial charge in [-0.25, -0.2) is 4.52 Å². The molecule has 1 aliphatic carbocycles. The van der Waals surface area contributed by atoms with E-state index < -0.39 is 6.10 Å². The Morgan fingerprint density at radius 2 is 2.19 bits per heavy atom. The van der Waals surface area contributed by atoms with Crippen LogP contribution in [-0.4, -0.2) is 26.9 Å². The van der Waals surface area contributed by atoms with E-state index in [1.807, 2.05) is 35.1 Å². The maximum Gasteiger partial charge on any atom is 0.0856 e. The molecule has 4 heteroatoms. The quantitative estimate of drug-likeness (QED) is 0.922. The number of ether oxygens (including phenoxy) is 1. The summed E-state index contributed by atoms with van der Waals surface area (Å²) in [7, 11) is 0. The lowest BCUT2D eigenvalue weighted by Gasteiger charge is -2.40. The van der Waals surface area contributed by atoms with Crippen molar-refractivity contribution in [3.8, 4) is 0 Å². The van der Waals surface area contributed by atoms with E-state index in [9.17, 15) is 5.11 Å². The molecule has 0 bridgehead atoms. The standard InChI is InChI=1S/C17H22N2O2/c20-16(14-12-18-19-9-4-1-5-15(14)19)13-6-10-21-17(11-13)7-2-3-8-17/h1,4-5,9,12-13,16,20H,2-3,6-8,10-11H2. The van der Waals surface area contributed by atoms with E-state index >= 15 is 0 Å². The normalized spacial score (nSPS) is 26.4. The molecule has 4 nitrogen and oxygen atoms in total. The number of hydrogen-bond acceptors (Lipinski definition) is 3. The minimum absolute atomic E-state index is 0.0485. The average Bonchev–Trinajstić information content (AvgIpc) is 3.14. The van der Waals surface area contributed by atoms with E-state index in [1.165, 1.54) is 12.8 Å². The van der Waals surface area contributed by atoms with E-state index in [0.717, 1.165) is 43.4 Å². The number of aliphatic hydroxyl groups is 1. The summed E-state index contributed by atoms with van der Waals surface area (Å²) in [5.41, 5.74) is 2.01. The van der Waals surface area contributed by atoms with Crippen LogP contribution >= 0.6 is 0 Å². The number of fused-ring (bicyclic) bond motifs is 1. The van der Waals surface area contributed by atoms with Crippen molar-refractivity contribution in [3.05, 3.63) is 36.2 Å². The summed E-state index contributed by atoms with van der Waals surface area (Å²) in [5.74, 6) is 0.282.